The van der Waals surface area contributed by atoms with Crippen molar-refractivity contribution in [2.24, 2.45) is 0 Å². The lowest BCUT2D eigenvalue weighted by atomic mass is 9.93. The van der Waals surface area contributed by atoms with Crippen LogP contribution in [0.25, 0.3) is 23.7 Å². The maximum Gasteiger partial charge on any atom is 0.107 e. The van der Waals surface area contributed by atoms with Crippen LogP contribution in [0.2, 0.25) is 0 Å². The Balaban J connectivity index is 2.39. The summed E-state index contributed by atoms with van der Waals surface area (Å²) < 4.78 is 2.30. The Morgan fingerprint density at radius 1 is 1.44 bits per heavy atom. The second kappa shape index (κ2) is 3.44. The monoisotopic (exact) mass is 213 g/mol. The van der Waals surface area contributed by atoms with Gasteiger partial charge in [0.05, 0.1) is 23.4 Å². The molecule has 0 saturated heterocycles. The summed E-state index contributed by atoms with van der Waals surface area (Å²) in [5, 5.41) is 1.97. The van der Waals surface area contributed by atoms with Gasteiger partial charge in [-0.2, -0.15) is 0 Å². The predicted octanol–water partition coefficient (Wildman–Crippen LogP) is 1.37. The normalized spacial score (nSPS) is 17.9. The van der Waals surface area contributed by atoms with Gasteiger partial charge in [0.15, 0.2) is 0 Å². The molecule has 2 aromatic rings. The SMILES string of the molecule is C=c1ncc2ncn(C3CCC3)c2/c1=C/C. The minimum absolute atomic E-state index is 0.630. The second-order valence-corrected chi connectivity index (χ2v) is 4.38. The number of fused-ring (bicyclic) bond motifs is 1. The van der Waals surface area contributed by atoms with Crippen molar-refractivity contribution < 1.29 is 0 Å². The Morgan fingerprint density at radius 2 is 2.25 bits per heavy atom. The minimum Gasteiger partial charge on any atom is -0.327 e. The van der Waals surface area contributed by atoms with E-state index < -0.39 is 0 Å². The number of hydrogen-bond donors (Lipinski definition) is 0. The number of nitrogens with zero attached hydrogens (tertiary/aromatic N) is 3. The van der Waals surface area contributed by atoms with E-state index in [4.69, 9.17) is 0 Å². The van der Waals surface area contributed by atoms with Gasteiger partial charge in [-0.25, -0.2) is 4.98 Å². The minimum atomic E-state index is 0.630. The lowest BCUT2D eigenvalue weighted by molar-refractivity contribution is 0.320. The first-order chi connectivity index (χ1) is 7.81. The Kier molecular flexibility index (Phi) is 2.06. The zero-order chi connectivity index (χ0) is 11.1. The highest BCUT2D eigenvalue weighted by Gasteiger charge is 2.21. The van der Waals surface area contributed by atoms with Gasteiger partial charge in [0.1, 0.15) is 5.52 Å². The van der Waals surface area contributed by atoms with Crippen LogP contribution in [0.4, 0.5) is 0 Å². The molecular weight excluding hydrogens is 198 g/mol. The summed E-state index contributed by atoms with van der Waals surface area (Å²) in [5.74, 6) is 0. The van der Waals surface area contributed by atoms with E-state index in [9.17, 15) is 0 Å². The molecule has 0 unspecified atom stereocenters. The quantitative estimate of drug-likeness (QED) is 0.716. The first-order valence-electron chi connectivity index (χ1n) is 5.78. The van der Waals surface area contributed by atoms with E-state index in [2.05, 4.69) is 27.2 Å². The number of aromatic nitrogens is 3. The van der Waals surface area contributed by atoms with Crippen LogP contribution in [-0.2, 0) is 0 Å². The zero-order valence-electron chi connectivity index (χ0n) is 9.48. The molecule has 1 aliphatic carbocycles. The third kappa shape index (κ3) is 1.21. The third-order valence-electron chi connectivity index (χ3n) is 3.49. The van der Waals surface area contributed by atoms with Gasteiger partial charge in [0.25, 0.3) is 0 Å². The average Bonchev–Trinajstić information content (AvgIpc) is 2.60. The summed E-state index contributed by atoms with van der Waals surface area (Å²) in [4.78, 5) is 8.70. The lowest BCUT2D eigenvalue weighted by Crippen LogP contribution is -2.30. The van der Waals surface area contributed by atoms with Crippen molar-refractivity contribution in [1.82, 2.24) is 14.5 Å². The summed E-state index contributed by atoms with van der Waals surface area (Å²) in [5.41, 5.74) is 2.18. The van der Waals surface area contributed by atoms with Crippen LogP contribution in [0, 0.1) is 0 Å². The third-order valence-corrected chi connectivity index (χ3v) is 3.49. The molecular formula is C13H15N3. The molecule has 0 atom stereocenters. The average molecular weight is 213 g/mol. The van der Waals surface area contributed by atoms with Gasteiger partial charge >= 0.3 is 0 Å². The van der Waals surface area contributed by atoms with E-state index in [1.807, 2.05) is 19.4 Å². The van der Waals surface area contributed by atoms with Gasteiger partial charge in [-0.1, -0.05) is 12.7 Å². The molecule has 0 radical (unpaired) electrons. The predicted molar refractivity (Wildman–Crippen MR) is 65.3 cm³/mol. The Hall–Kier alpha value is -1.64. The fraction of sp³-hybridized carbons (Fsp3) is 0.385. The molecule has 3 nitrogen and oxygen atoms in total. The van der Waals surface area contributed by atoms with Crippen LogP contribution < -0.4 is 10.6 Å². The molecule has 0 N–H and O–H groups in total. The molecule has 3 heteroatoms. The molecule has 0 bridgehead atoms. The molecule has 1 aliphatic rings. The topological polar surface area (TPSA) is 30.7 Å². The molecule has 2 heterocycles. The Bertz CT molecular complexity index is 635. The van der Waals surface area contributed by atoms with Crippen LogP contribution in [0.3, 0.4) is 0 Å². The summed E-state index contributed by atoms with van der Waals surface area (Å²) in [6, 6.07) is 0.630. The Labute approximate surface area is 94.1 Å². The summed E-state index contributed by atoms with van der Waals surface area (Å²) in [6.07, 6.45) is 9.71. The molecule has 1 fully saturated rings. The summed E-state index contributed by atoms with van der Waals surface area (Å²) in [6.45, 7) is 6.01. The van der Waals surface area contributed by atoms with Gasteiger partial charge in [0.2, 0.25) is 0 Å². The number of hydrogen-bond acceptors (Lipinski definition) is 2. The highest BCUT2D eigenvalue weighted by Crippen LogP contribution is 2.32. The highest BCUT2D eigenvalue weighted by molar-refractivity contribution is 5.75. The van der Waals surface area contributed by atoms with E-state index in [0.29, 0.717) is 6.04 Å². The number of rotatable bonds is 1. The molecule has 16 heavy (non-hydrogen) atoms. The van der Waals surface area contributed by atoms with E-state index in [0.717, 1.165) is 16.1 Å². The van der Waals surface area contributed by atoms with Crippen LogP contribution in [0.15, 0.2) is 12.5 Å². The van der Waals surface area contributed by atoms with Crippen molar-refractivity contribution in [1.29, 1.82) is 0 Å². The Morgan fingerprint density at radius 3 is 2.88 bits per heavy atom. The molecule has 0 spiro atoms. The van der Waals surface area contributed by atoms with Crippen molar-refractivity contribution in [3.8, 4) is 0 Å². The molecule has 0 aromatic carbocycles. The van der Waals surface area contributed by atoms with Crippen LogP contribution in [0.5, 0.6) is 0 Å². The standard InChI is InChI=1S/C13H15N3/c1-3-11-9(2)14-7-12-13(11)16(8-15-12)10-5-4-6-10/h3,7-8,10H,2,4-6H2,1H3/b11-3+. The van der Waals surface area contributed by atoms with Crippen molar-refractivity contribution in [3.05, 3.63) is 23.1 Å². The van der Waals surface area contributed by atoms with E-state index in [1.54, 1.807) is 0 Å². The van der Waals surface area contributed by atoms with Gasteiger partial charge in [-0.05, 0) is 26.2 Å². The van der Waals surface area contributed by atoms with Crippen LogP contribution in [-0.4, -0.2) is 14.5 Å². The zero-order valence-corrected chi connectivity index (χ0v) is 9.48. The largest absolute Gasteiger partial charge is 0.327 e. The summed E-state index contributed by atoms with van der Waals surface area (Å²) in [7, 11) is 0. The van der Waals surface area contributed by atoms with Gasteiger partial charge < -0.3 is 4.57 Å². The fourth-order valence-corrected chi connectivity index (χ4v) is 2.34. The van der Waals surface area contributed by atoms with E-state index >= 15 is 0 Å². The smallest absolute Gasteiger partial charge is 0.107 e. The number of pyridine rings is 1. The van der Waals surface area contributed by atoms with Crippen molar-refractivity contribution in [2.75, 3.05) is 0 Å². The molecule has 0 amide bonds. The first-order valence-corrected chi connectivity index (χ1v) is 5.78. The van der Waals surface area contributed by atoms with Gasteiger partial charge in [0, 0.05) is 11.3 Å². The van der Waals surface area contributed by atoms with Gasteiger partial charge in [-0.15, -0.1) is 0 Å². The molecule has 0 aliphatic heterocycles. The van der Waals surface area contributed by atoms with Crippen molar-refractivity contribution in [2.45, 2.75) is 32.2 Å². The highest BCUT2D eigenvalue weighted by atomic mass is 15.1. The van der Waals surface area contributed by atoms with Crippen LogP contribution in [0.1, 0.15) is 32.2 Å². The fourth-order valence-electron chi connectivity index (χ4n) is 2.34. The second-order valence-electron chi connectivity index (χ2n) is 4.38. The summed E-state index contributed by atoms with van der Waals surface area (Å²) >= 11 is 0. The molecule has 1 saturated carbocycles. The van der Waals surface area contributed by atoms with Crippen LogP contribution >= 0.6 is 0 Å². The van der Waals surface area contributed by atoms with Gasteiger partial charge in [-0.3, -0.25) is 4.98 Å². The van der Waals surface area contributed by atoms with E-state index in [1.165, 1.54) is 24.8 Å². The lowest BCUT2D eigenvalue weighted by Gasteiger charge is -2.27. The van der Waals surface area contributed by atoms with Crippen molar-refractivity contribution >= 4 is 23.7 Å². The molecule has 3 rings (SSSR count). The number of imidazole rings is 1. The van der Waals surface area contributed by atoms with Crippen molar-refractivity contribution in [3.63, 3.8) is 0 Å². The maximum absolute atomic E-state index is 4.42. The molecule has 82 valence electrons. The maximum atomic E-state index is 4.42. The van der Waals surface area contributed by atoms with E-state index in [-0.39, 0.29) is 0 Å². The first kappa shape index (κ1) is 9.58. The molecule has 2 aromatic heterocycles.